The van der Waals surface area contributed by atoms with Gasteiger partial charge < -0.3 is 10.6 Å². The minimum absolute atomic E-state index is 0.240. The highest BCUT2D eigenvalue weighted by Crippen LogP contribution is 2.01. The molecule has 110 valence electrons. The van der Waals surface area contributed by atoms with Crippen molar-refractivity contribution >= 4 is 11.9 Å². The predicted octanol–water partition coefficient (Wildman–Crippen LogP) is 0.152. The molecule has 1 unspecified atom stereocenters. The number of piperazine rings is 1. The lowest BCUT2D eigenvalue weighted by molar-refractivity contribution is -0.121. The normalized spacial score (nSPS) is 20.3. The number of carbonyl (C=O) groups excluding carboxylic acids is 2. The second-order valence-corrected chi connectivity index (χ2v) is 5.51. The number of imide groups is 1. The molecule has 0 spiro atoms. The van der Waals surface area contributed by atoms with E-state index >= 15 is 0 Å². The molecule has 3 N–H and O–H groups in total. The van der Waals surface area contributed by atoms with Crippen LogP contribution in [0.25, 0.3) is 0 Å². The summed E-state index contributed by atoms with van der Waals surface area (Å²) >= 11 is 0. The Hall–Kier alpha value is -1.14. The van der Waals surface area contributed by atoms with Crippen LogP contribution in [0.3, 0.4) is 0 Å². The van der Waals surface area contributed by atoms with Crippen LogP contribution in [0.4, 0.5) is 4.79 Å². The van der Waals surface area contributed by atoms with Crippen molar-refractivity contribution in [1.82, 2.24) is 20.9 Å². The molecule has 19 heavy (non-hydrogen) atoms. The first-order chi connectivity index (χ1) is 8.99. The van der Waals surface area contributed by atoms with Crippen LogP contribution >= 0.6 is 0 Å². The maximum absolute atomic E-state index is 11.7. The molecule has 1 aliphatic rings. The molecule has 1 fully saturated rings. The van der Waals surface area contributed by atoms with E-state index in [1.807, 2.05) is 0 Å². The van der Waals surface area contributed by atoms with E-state index in [0.717, 1.165) is 26.1 Å². The summed E-state index contributed by atoms with van der Waals surface area (Å²) in [6.45, 7) is 9.74. The maximum atomic E-state index is 11.7. The molecule has 3 amide bonds. The van der Waals surface area contributed by atoms with E-state index < -0.39 is 6.03 Å². The van der Waals surface area contributed by atoms with Crippen molar-refractivity contribution in [1.29, 1.82) is 0 Å². The van der Waals surface area contributed by atoms with E-state index in [1.165, 1.54) is 0 Å². The standard InChI is InChI=1S/C13H26N4O2/c1-10(2)4-5-15-13(19)16-12(18)9-17-7-6-14-8-11(17)3/h10-11,14H,4-9H2,1-3H3,(H2,15,16,18,19). The van der Waals surface area contributed by atoms with Gasteiger partial charge in [0.05, 0.1) is 6.54 Å². The lowest BCUT2D eigenvalue weighted by Gasteiger charge is -2.33. The topological polar surface area (TPSA) is 73.5 Å². The van der Waals surface area contributed by atoms with Crippen molar-refractivity contribution in [2.45, 2.75) is 33.2 Å². The monoisotopic (exact) mass is 270 g/mol. The summed E-state index contributed by atoms with van der Waals surface area (Å²) < 4.78 is 0. The molecule has 0 aromatic rings. The predicted molar refractivity (Wildman–Crippen MR) is 74.9 cm³/mol. The Labute approximate surface area is 115 Å². The van der Waals surface area contributed by atoms with Gasteiger partial charge in [-0.3, -0.25) is 15.0 Å². The van der Waals surface area contributed by atoms with Gasteiger partial charge >= 0.3 is 6.03 Å². The van der Waals surface area contributed by atoms with Crippen LogP contribution < -0.4 is 16.0 Å². The van der Waals surface area contributed by atoms with E-state index in [4.69, 9.17) is 0 Å². The number of rotatable bonds is 5. The van der Waals surface area contributed by atoms with Crippen molar-refractivity contribution in [3.8, 4) is 0 Å². The number of hydrogen-bond acceptors (Lipinski definition) is 4. The van der Waals surface area contributed by atoms with Gasteiger partial charge in [-0.2, -0.15) is 0 Å². The fourth-order valence-electron chi connectivity index (χ4n) is 1.99. The molecule has 1 rings (SSSR count). The van der Waals surface area contributed by atoms with Gasteiger partial charge in [-0.15, -0.1) is 0 Å². The van der Waals surface area contributed by atoms with Crippen LogP contribution in [-0.4, -0.2) is 55.6 Å². The summed E-state index contributed by atoms with van der Waals surface area (Å²) in [5, 5.41) is 8.33. The number of urea groups is 1. The first-order valence-corrected chi connectivity index (χ1v) is 7.01. The van der Waals surface area contributed by atoms with Crippen LogP contribution in [0, 0.1) is 5.92 Å². The van der Waals surface area contributed by atoms with Gasteiger partial charge in [-0.25, -0.2) is 4.79 Å². The third kappa shape index (κ3) is 6.54. The van der Waals surface area contributed by atoms with Crippen LogP contribution in [0.1, 0.15) is 27.2 Å². The number of nitrogens with zero attached hydrogens (tertiary/aromatic N) is 1. The fourth-order valence-corrected chi connectivity index (χ4v) is 1.99. The third-order valence-corrected chi connectivity index (χ3v) is 3.25. The largest absolute Gasteiger partial charge is 0.338 e. The molecule has 0 radical (unpaired) electrons. The Morgan fingerprint density at radius 3 is 2.79 bits per heavy atom. The second-order valence-electron chi connectivity index (χ2n) is 5.51. The Morgan fingerprint density at radius 1 is 1.42 bits per heavy atom. The van der Waals surface area contributed by atoms with Crippen LogP contribution in [0.2, 0.25) is 0 Å². The zero-order valence-corrected chi connectivity index (χ0v) is 12.2. The zero-order valence-electron chi connectivity index (χ0n) is 12.2. The number of hydrogen-bond donors (Lipinski definition) is 3. The highest BCUT2D eigenvalue weighted by Gasteiger charge is 2.20. The van der Waals surface area contributed by atoms with Crippen molar-refractivity contribution in [3.05, 3.63) is 0 Å². The van der Waals surface area contributed by atoms with Crippen molar-refractivity contribution in [2.24, 2.45) is 5.92 Å². The molecule has 6 heteroatoms. The molecule has 0 saturated carbocycles. The van der Waals surface area contributed by atoms with E-state index in [9.17, 15) is 9.59 Å². The van der Waals surface area contributed by atoms with Gasteiger partial charge in [0.25, 0.3) is 0 Å². The van der Waals surface area contributed by atoms with Gasteiger partial charge in [0.2, 0.25) is 5.91 Å². The second kappa shape index (κ2) is 8.12. The summed E-state index contributed by atoms with van der Waals surface area (Å²) in [5.74, 6) is 0.300. The zero-order chi connectivity index (χ0) is 14.3. The summed E-state index contributed by atoms with van der Waals surface area (Å²) in [4.78, 5) is 25.3. The van der Waals surface area contributed by atoms with Gasteiger partial charge in [0.15, 0.2) is 0 Å². The molecule has 1 atom stereocenters. The molecule has 1 heterocycles. The van der Waals surface area contributed by atoms with E-state index in [1.54, 1.807) is 0 Å². The lowest BCUT2D eigenvalue weighted by atomic mass is 10.1. The van der Waals surface area contributed by atoms with E-state index in [-0.39, 0.29) is 12.5 Å². The van der Waals surface area contributed by atoms with E-state index in [2.05, 4.69) is 41.6 Å². The van der Waals surface area contributed by atoms with E-state index in [0.29, 0.717) is 18.5 Å². The molecule has 0 aromatic heterocycles. The average molecular weight is 270 g/mol. The Bertz CT molecular complexity index is 307. The number of nitrogens with one attached hydrogen (secondary N) is 3. The first-order valence-electron chi connectivity index (χ1n) is 7.01. The Kier molecular flexibility index (Phi) is 6.80. The van der Waals surface area contributed by atoms with Crippen LogP contribution in [0.5, 0.6) is 0 Å². The highest BCUT2D eigenvalue weighted by molar-refractivity contribution is 5.95. The molecule has 0 aliphatic carbocycles. The molecular formula is C13H26N4O2. The summed E-state index contributed by atoms with van der Waals surface area (Å²) in [7, 11) is 0. The summed E-state index contributed by atoms with van der Waals surface area (Å²) in [6, 6.07) is -0.0723. The minimum Gasteiger partial charge on any atom is -0.338 e. The van der Waals surface area contributed by atoms with Crippen molar-refractivity contribution in [3.63, 3.8) is 0 Å². The average Bonchev–Trinajstić information content (AvgIpc) is 2.31. The molecule has 1 aliphatic heterocycles. The van der Waals surface area contributed by atoms with Crippen LogP contribution in [0.15, 0.2) is 0 Å². The minimum atomic E-state index is -0.395. The Balaban J connectivity index is 2.20. The van der Waals surface area contributed by atoms with Crippen molar-refractivity contribution in [2.75, 3.05) is 32.7 Å². The highest BCUT2D eigenvalue weighted by atomic mass is 16.2. The number of amides is 3. The molecule has 0 aromatic carbocycles. The van der Waals surface area contributed by atoms with Gasteiger partial charge in [0, 0.05) is 32.2 Å². The van der Waals surface area contributed by atoms with Crippen LogP contribution in [-0.2, 0) is 4.79 Å². The molecule has 1 saturated heterocycles. The molecular weight excluding hydrogens is 244 g/mol. The summed E-state index contributed by atoms with van der Waals surface area (Å²) in [5.41, 5.74) is 0. The number of carbonyl (C=O) groups is 2. The van der Waals surface area contributed by atoms with Gasteiger partial charge in [-0.05, 0) is 19.3 Å². The SMILES string of the molecule is CC(C)CCNC(=O)NC(=O)CN1CCNCC1C. The summed E-state index contributed by atoms with van der Waals surface area (Å²) in [6.07, 6.45) is 0.913. The smallest absolute Gasteiger partial charge is 0.321 e. The third-order valence-electron chi connectivity index (χ3n) is 3.25. The quantitative estimate of drug-likeness (QED) is 0.665. The first kappa shape index (κ1) is 15.9. The van der Waals surface area contributed by atoms with Gasteiger partial charge in [0.1, 0.15) is 0 Å². The Morgan fingerprint density at radius 2 is 2.16 bits per heavy atom. The molecule has 0 bridgehead atoms. The van der Waals surface area contributed by atoms with Gasteiger partial charge in [-0.1, -0.05) is 13.8 Å². The molecule has 6 nitrogen and oxygen atoms in total. The van der Waals surface area contributed by atoms with Crippen molar-refractivity contribution < 1.29 is 9.59 Å². The lowest BCUT2D eigenvalue weighted by Crippen LogP contribution is -2.53. The maximum Gasteiger partial charge on any atom is 0.321 e. The fraction of sp³-hybridized carbons (Fsp3) is 0.846.